The number of hydrogen-bond donors (Lipinski definition) is 1. The first-order valence-corrected chi connectivity index (χ1v) is 7.04. The molecule has 0 spiro atoms. The van der Waals surface area contributed by atoms with E-state index in [0.29, 0.717) is 18.7 Å². The molecular weight excluding hydrogens is 316 g/mol. The van der Waals surface area contributed by atoms with E-state index in [9.17, 15) is 0 Å². The number of nitriles is 1. The summed E-state index contributed by atoms with van der Waals surface area (Å²) in [5, 5.41) is 8.77. The maximum Gasteiger partial charge on any atom is 0.127 e. The third-order valence-electron chi connectivity index (χ3n) is 3.00. The van der Waals surface area contributed by atoms with E-state index in [4.69, 9.17) is 15.7 Å². The van der Waals surface area contributed by atoms with Gasteiger partial charge in [-0.05, 0) is 42.3 Å². The first-order chi connectivity index (χ1) is 9.63. The molecule has 2 aromatic rings. The van der Waals surface area contributed by atoms with E-state index in [1.54, 1.807) is 12.1 Å². The van der Waals surface area contributed by atoms with E-state index < -0.39 is 0 Å². The van der Waals surface area contributed by atoms with Crippen molar-refractivity contribution in [3.05, 3.63) is 63.1 Å². The van der Waals surface area contributed by atoms with Gasteiger partial charge in [-0.2, -0.15) is 5.26 Å². The van der Waals surface area contributed by atoms with Crippen molar-refractivity contribution in [2.45, 2.75) is 20.1 Å². The molecule has 0 unspecified atom stereocenters. The van der Waals surface area contributed by atoms with Gasteiger partial charge in [0.1, 0.15) is 12.4 Å². The Morgan fingerprint density at radius 2 is 1.95 bits per heavy atom. The van der Waals surface area contributed by atoms with E-state index in [0.717, 1.165) is 26.9 Å². The topological polar surface area (TPSA) is 59.0 Å². The highest BCUT2D eigenvalue weighted by Crippen LogP contribution is 2.28. The van der Waals surface area contributed by atoms with Crippen LogP contribution in [0, 0.1) is 18.3 Å². The van der Waals surface area contributed by atoms with Crippen LogP contribution in [-0.4, -0.2) is 0 Å². The molecule has 0 aliphatic heterocycles. The molecule has 0 saturated carbocycles. The quantitative estimate of drug-likeness (QED) is 0.930. The van der Waals surface area contributed by atoms with E-state index >= 15 is 0 Å². The zero-order chi connectivity index (χ0) is 14.5. The number of nitrogens with zero attached hydrogens (tertiary/aromatic N) is 1. The molecule has 102 valence electrons. The fourth-order valence-electron chi connectivity index (χ4n) is 1.99. The molecule has 0 aliphatic carbocycles. The van der Waals surface area contributed by atoms with Gasteiger partial charge in [0.2, 0.25) is 0 Å². The van der Waals surface area contributed by atoms with E-state index in [1.165, 1.54) is 0 Å². The van der Waals surface area contributed by atoms with Gasteiger partial charge in [-0.15, -0.1) is 0 Å². The Kier molecular flexibility index (Phi) is 4.78. The lowest BCUT2D eigenvalue weighted by atomic mass is 10.1. The van der Waals surface area contributed by atoms with Crippen molar-refractivity contribution in [1.82, 2.24) is 0 Å². The number of hydrogen-bond acceptors (Lipinski definition) is 3. The maximum atomic E-state index is 8.77. The van der Waals surface area contributed by atoms with E-state index in [2.05, 4.69) is 22.0 Å². The first kappa shape index (κ1) is 14.6. The Balaban J connectivity index is 2.16. The number of nitrogens with two attached hydrogens (primary N) is 1. The van der Waals surface area contributed by atoms with Crippen LogP contribution in [0.4, 0.5) is 0 Å². The van der Waals surface area contributed by atoms with Crippen LogP contribution in [0.2, 0.25) is 0 Å². The van der Waals surface area contributed by atoms with Crippen molar-refractivity contribution in [3.63, 3.8) is 0 Å². The van der Waals surface area contributed by atoms with Crippen molar-refractivity contribution in [2.24, 2.45) is 5.73 Å². The molecule has 0 aromatic heterocycles. The third kappa shape index (κ3) is 3.38. The van der Waals surface area contributed by atoms with Crippen molar-refractivity contribution in [3.8, 4) is 11.8 Å². The van der Waals surface area contributed by atoms with Crippen LogP contribution < -0.4 is 10.5 Å². The summed E-state index contributed by atoms with van der Waals surface area (Å²) < 4.78 is 6.89. The van der Waals surface area contributed by atoms with Gasteiger partial charge in [0, 0.05) is 16.6 Å². The zero-order valence-corrected chi connectivity index (χ0v) is 12.8. The molecule has 0 amide bonds. The summed E-state index contributed by atoms with van der Waals surface area (Å²) in [6.07, 6.45) is 0. The molecule has 2 N–H and O–H groups in total. The van der Waals surface area contributed by atoms with Gasteiger partial charge in [0.05, 0.1) is 11.6 Å². The minimum atomic E-state index is 0.434. The SMILES string of the molecule is Cc1cc(Br)cc(CN)c1OCc1ccc(C#N)cc1. The summed E-state index contributed by atoms with van der Waals surface area (Å²) in [4.78, 5) is 0. The minimum Gasteiger partial charge on any atom is -0.488 e. The lowest BCUT2D eigenvalue weighted by Crippen LogP contribution is -2.04. The average Bonchev–Trinajstić information content (AvgIpc) is 2.46. The summed E-state index contributed by atoms with van der Waals surface area (Å²) in [6.45, 7) is 2.89. The second kappa shape index (κ2) is 6.56. The largest absolute Gasteiger partial charge is 0.488 e. The highest BCUT2D eigenvalue weighted by Gasteiger charge is 2.08. The van der Waals surface area contributed by atoms with Crippen molar-refractivity contribution in [2.75, 3.05) is 0 Å². The van der Waals surface area contributed by atoms with Gasteiger partial charge < -0.3 is 10.5 Å². The predicted octanol–water partition coefficient (Wildman–Crippen LogP) is 3.67. The molecule has 20 heavy (non-hydrogen) atoms. The molecule has 2 rings (SSSR count). The Morgan fingerprint density at radius 1 is 1.25 bits per heavy atom. The lowest BCUT2D eigenvalue weighted by Gasteiger charge is -2.14. The van der Waals surface area contributed by atoms with Crippen LogP contribution in [0.5, 0.6) is 5.75 Å². The first-order valence-electron chi connectivity index (χ1n) is 6.25. The van der Waals surface area contributed by atoms with Crippen molar-refractivity contribution >= 4 is 15.9 Å². The Bertz CT molecular complexity index is 645. The number of benzene rings is 2. The zero-order valence-electron chi connectivity index (χ0n) is 11.2. The van der Waals surface area contributed by atoms with Crippen LogP contribution >= 0.6 is 15.9 Å². The van der Waals surface area contributed by atoms with Gasteiger partial charge in [-0.25, -0.2) is 0 Å². The van der Waals surface area contributed by atoms with Gasteiger partial charge in [-0.3, -0.25) is 0 Å². The highest BCUT2D eigenvalue weighted by molar-refractivity contribution is 9.10. The summed E-state index contributed by atoms with van der Waals surface area (Å²) in [6, 6.07) is 13.5. The van der Waals surface area contributed by atoms with Crippen molar-refractivity contribution in [1.29, 1.82) is 5.26 Å². The van der Waals surface area contributed by atoms with Crippen LogP contribution in [0.3, 0.4) is 0 Å². The van der Waals surface area contributed by atoms with Crippen LogP contribution in [0.15, 0.2) is 40.9 Å². The van der Waals surface area contributed by atoms with Gasteiger partial charge in [-0.1, -0.05) is 28.1 Å². The summed E-state index contributed by atoms with van der Waals surface area (Å²) in [7, 11) is 0. The van der Waals surface area contributed by atoms with Crippen LogP contribution in [0.1, 0.15) is 22.3 Å². The number of aryl methyl sites for hydroxylation is 1. The van der Waals surface area contributed by atoms with Crippen LogP contribution in [0.25, 0.3) is 0 Å². The summed E-state index contributed by atoms with van der Waals surface area (Å²) >= 11 is 3.46. The molecule has 2 aromatic carbocycles. The standard InChI is InChI=1S/C16H15BrN2O/c1-11-6-15(17)7-14(9-19)16(11)20-10-13-4-2-12(8-18)3-5-13/h2-7H,9-10,19H2,1H3. The van der Waals surface area contributed by atoms with Gasteiger partial charge in [0.25, 0.3) is 0 Å². The summed E-state index contributed by atoms with van der Waals surface area (Å²) in [5.74, 6) is 0.833. The minimum absolute atomic E-state index is 0.434. The average molecular weight is 331 g/mol. The van der Waals surface area contributed by atoms with E-state index in [1.807, 2.05) is 31.2 Å². The molecule has 0 aliphatic rings. The molecule has 0 saturated heterocycles. The van der Waals surface area contributed by atoms with Crippen molar-refractivity contribution < 1.29 is 4.74 Å². The third-order valence-corrected chi connectivity index (χ3v) is 3.46. The molecule has 3 nitrogen and oxygen atoms in total. The number of halogens is 1. The Labute approximate surface area is 127 Å². The van der Waals surface area contributed by atoms with E-state index in [-0.39, 0.29) is 0 Å². The molecule has 0 heterocycles. The second-order valence-corrected chi connectivity index (χ2v) is 5.43. The molecule has 0 bridgehead atoms. The fourth-order valence-corrected chi connectivity index (χ4v) is 2.61. The molecule has 0 radical (unpaired) electrons. The lowest BCUT2D eigenvalue weighted by molar-refractivity contribution is 0.301. The second-order valence-electron chi connectivity index (χ2n) is 4.51. The smallest absolute Gasteiger partial charge is 0.127 e. The Hall–Kier alpha value is -1.83. The summed E-state index contributed by atoms with van der Waals surface area (Å²) in [5.41, 5.74) is 9.46. The number of ether oxygens (including phenoxy) is 1. The molecule has 0 fully saturated rings. The monoisotopic (exact) mass is 330 g/mol. The Morgan fingerprint density at radius 3 is 2.55 bits per heavy atom. The highest BCUT2D eigenvalue weighted by atomic mass is 79.9. The number of rotatable bonds is 4. The fraction of sp³-hybridized carbons (Fsp3) is 0.188. The normalized spacial score (nSPS) is 10.1. The van der Waals surface area contributed by atoms with Crippen LogP contribution in [-0.2, 0) is 13.2 Å². The van der Waals surface area contributed by atoms with Gasteiger partial charge >= 0.3 is 0 Å². The maximum absolute atomic E-state index is 8.77. The van der Waals surface area contributed by atoms with Gasteiger partial charge in [0.15, 0.2) is 0 Å². The predicted molar refractivity (Wildman–Crippen MR) is 82.3 cm³/mol. The molecular formula is C16H15BrN2O. The molecule has 4 heteroatoms. The molecule has 0 atom stereocenters.